The van der Waals surface area contributed by atoms with Crippen molar-refractivity contribution in [1.29, 1.82) is 0 Å². The SMILES string of the molecule is O=C(NC(CSC(c1ccccc1)(c1ccccc1)c1ccccc1)C(=O)O)OCc1ccccc1. The van der Waals surface area contributed by atoms with E-state index in [2.05, 4.69) is 5.32 Å². The lowest BCUT2D eigenvalue weighted by Crippen LogP contribution is -2.44. The number of carboxylic acids is 1. The Kier molecular flexibility index (Phi) is 8.42. The molecule has 0 heterocycles. The lowest BCUT2D eigenvalue weighted by molar-refractivity contribution is -0.138. The molecule has 0 bridgehead atoms. The standard InChI is InChI=1S/C30H27NO4S/c32-28(33)27(31-29(34)35-21-23-13-5-1-6-14-23)22-36-30(24-15-7-2-8-16-24,25-17-9-3-10-18-25)26-19-11-4-12-20-26/h1-20,27H,21-22H2,(H,31,34)(H,32,33). The summed E-state index contributed by atoms with van der Waals surface area (Å²) < 4.78 is 4.58. The van der Waals surface area contributed by atoms with Crippen LogP contribution in [0.3, 0.4) is 0 Å². The Balaban J connectivity index is 1.61. The number of rotatable bonds is 10. The third kappa shape index (κ3) is 5.96. The molecule has 0 saturated heterocycles. The number of carboxylic acid groups (broad SMARTS) is 1. The number of amides is 1. The first kappa shape index (κ1) is 25.1. The summed E-state index contributed by atoms with van der Waals surface area (Å²) in [6.45, 7) is 0.0636. The van der Waals surface area contributed by atoms with Crippen LogP contribution in [-0.4, -0.2) is 29.0 Å². The molecule has 0 fully saturated rings. The molecule has 0 aromatic heterocycles. The van der Waals surface area contributed by atoms with Gasteiger partial charge in [0.1, 0.15) is 12.6 Å². The van der Waals surface area contributed by atoms with E-state index in [0.717, 1.165) is 22.3 Å². The first-order valence-corrected chi connectivity index (χ1v) is 12.6. The number of thioether (sulfide) groups is 1. The van der Waals surface area contributed by atoms with Crippen molar-refractivity contribution in [2.45, 2.75) is 17.4 Å². The highest BCUT2D eigenvalue weighted by atomic mass is 32.2. The van der Waals surface area contributed by atoms with Gasteiger partial charge in [-0.15, -0.1) is 11.8 Å². The molecule has 0 spiro atoms. The van der Waals surface area contributed by atoms with E-state index < -0.39 is 22.9 Å². The van der Waals surface area contributed by atoms with Crippen LogP contribution in [-0.2, 0) is 20.9 Å². The van der Waals surface area contributed by atoms with Gasteiger partial charge in [0, 0.05) is 5.75 Å². The maximum atomic E-state index is 12.5. The molecule has 2 N–H and O–H groups in total. The minimum absolute atomic E-state index is 0.0636. The third-order valence-electron chi connectivity index (χ3n) is 5.81. The monoisotopic (exact) mass is 497 g/mol. The van der Waals surface area contributed by atoms with Gasteiger partial charge in [-0.25, -0.2) is 9.59 Å². The predicted molar refractivity (Wildman–Crippen MR) is 143 cm³/mol. The van der Waals surface area contributed by atoms with E-state index in [9.17, 15) is 14.7 Å². The van der Waals surface area contributed by atoms with E-state index in [-0.39, 0.29) is 12.4 Å². The van der Waals surface area contributed by atoms with Gasteiger partial charge in [-0.2, -0.15) is 0 Å². The summed E-state index contributed by atoms with van der Waals surface area (Å²) >= 11 is 1.47. The van der Waals surface area contributed by atoms with Crippen LogP contribution in [0.2, 0.25) is 0 Å². The van der Waals surface area contributed by atoms with Gasteiger partial charge in [-0.1, -0.05) is 121 Å². The van der Waals surface area contributed by atoms with E-state index in [1.54, 1.807) is 0 Å². The lowest BCUT2D eigenvalue weighted by atomic mass is 9.84. The third-order valence-corrected chi connectivity index (χ3v) is 7.45. The zero-order valence-corrected chi connectivity index (χ0v) is 20.4. The average Bonchev–Trinajstić information content (AvgIpc) is 2.94. The van der Waals surface area contributed by atoms with Crippen LogP contribution in [0.4, 0.5) is 4.79 Å². The van der Waals surface area contributed by atoms with Crippen LogP contribution in [0.5, 0.6) is 0 Å². The van der Waals surface area contributed by atoms with Crippen molar-refractivity contribution in [3.05, 3.63) is 144 Å². The van der Waals surface area contributed by atoms with Gasteiger partial charge in [0.25, 0.3) is 0 Å². The van der Waals surface area contributed by atoms with E-state index in [1.165, 1.54) is 11.8 Å². The Labute approximate surface area is 215 Å². The Morgan fingerprint density at radius 1 is 0.722 bits per heavy atom. The maximum absolute atomic E-state index is 12.5. The number of ether oxygens (including phenoxy) is 1. The number of carbonyl (C=O) groups excluding carboxylic acids is 1. The van der Waals surface area contributed by atoms with Gasteiger partial charge in [0.15, 0.2) is 0 Å². The average molecular weight is 498 g/mol. The number of carbonyl (C=O) groups is 2. The second kappa shape index (κ2) is 12.1. The van der Waals surface area contributed by atoms with Gasteiger partial charge in [0.05, 0.1) is 4.75 Å². The van der Waals surface area contributed by atoms with Gasteiger partial charge in [0.2, 0.25) is 0 Å². The Morgan fingerprint density at radius 2 is 1.14 bits per heavy atom. The molecule has 1 amide bonds. The summed E-state index contributed by atoms with van der Waals surface area (Å²) in [5.74, 6) is -1.00. The summed E-state index contributed by atoms with van der Waals surface area (Å²) in [5.41, 5.74) is 3.87. The second-order valence-electron chi connectivity index (χ2n) is 8.19. The lowest BCUT2D eigenvalue weighted by Gasteiger charge is -2.36. The van der Waals surface area contributed by atoms with Gasteiger partial charge >= 0.3 is 12.1 Å². The highest BCUT2D eigenvalue weighted by Gasteiger charge is 2.38. The van der Waals surface area contributed by atoms with Crippen LogP contribution in [0, 0.1) is 0 Å². The van der Waals surface area contributed by atoms with Crippen LogP contribution >= 0.6 is 11.8 Å². The summed E-state index contributed by atoms with van der Waals surface area (Å²) in [6.07, 6.45) is -0.767. The highest BCUT2D eigenvalue weighted by molar-refractivity contribution is 8.00. The van der Waals surface area contributed by atoms with Crippen molar-refractivity contribution in [2.24, 2.45) is 0 Å². The number of nitrogens with one attached hydrogen (secondary N) is 1. The molecule has 6 heteroatoms. The molecule has 4 aromatic carbocycles. The van der Waals surface area contributed by atoms with Gasteiger partial charge in [-0.3, -0.25) is 0 Å². The minimum Gasteiger partial charge on any atom is -0.480 e. The van der Waals surface area contributed by atoms with Crippen LogP contribution in [0.1, 0.15) is 22.3 Å². The minimum atomic E-state index is -1.14. The van der Waals surface area contributed by atoms with Crippen LogP contribution in [0.25, 0.3) is 0 Å². The molecule has 5 nitrogen and oxygen atoms in total. The maximum Gasteiger partial charge on any atom is 0.408 e. The number of aliphatic carboxylic acids is 1. The molecular formula is C30H27NO4S. The molecule has 0 aliphatic heterocycles. The zero-order valence-electron chi connectivity index (χ0n) is 19.6. The van der Waals surface area contributed by atoms with Crippen molar-refractivity contribution in [1.82, 2.24) is 5.32 Å². The normalized spacial score (nSPS) is 11.9. The smallest absolute Gasteiger partial charge is 0.408 e. The topological polar surface area (TPSA) is 75.6 Å². The fourth-order valence-electron chi connectivity index (χ4n) is 4.06. The Hall–Kier alpha value is -4.03. The largest absolute Gasteiger partial charge is 0.480 e. The summed E-state index contributed by atoms with van der Waals surface area (Å²) in [6, 6.07) is 38.1. The molecule has 1 atom stereocenters. The van der Waals surface area contributed by atoms with E-state index in [0.29, 0.717) is 0 Å². The zero-order chi connectivity index (χ0) is 25.2. The van der Waals surface area contributed by atoms with Gasteiger partial charge < -0.3 is 15.2 Å². The van der Waals surface area contributed by atoms with Crippen molar-refractivity contribution in [3.63, 3.8) is 0 Å². The fraction of sp³-hybridized carbons (Fsp3) is 0.133. The highest BCUT2D eigenvalue weighted by Crippen LogP contribution is 2.48. The fourth-order valence-corrected chi connectivity index (χ4v) is 5.61. The van der Waals surface area contributed by atoms with E-state index in [1.807, 2.05) is 121 Å². The van der Waals surface area contributed by atoms with Crippen molar-refractivity contribution >= 4 is 23.8 Å². The van der Waals surface area contributed by atoms with Crippen LogP contribution < -0.4 is 5.32 Å². The molecule has 0 aliphatic rings. The van der Waals surface area contributed by atoms with Gasteiger partial charge in [-0.05, 0) is 22.3 Å². The summed E-state index contributed by atoms with van der Waals surface area (Å²) in [5, 5.41) is 12.5. The molecular weight excluding hydrogens is 470 g/mol. The first-order valence-electron chi connectivity index (χ1n) is 11.6. The number of benzene rings is 4. The molecule has 182 valence electrons. The number of hydrogen-bond donors (Lipinski definition) is 2. The molecule has 0 radical (unpaired) electrons. The molecule has 4 rings (SSSR count). The number of alkyl carbamates (subject to hydrolysis) is 1. The quantitative estimate of drug-likeness (QED) is 0.259. The van der Waals surface area contributed by atoms with Crippen molar-refractivity contribution in [3.8, 4) is 0 Å². The summed E-state index contributed by atoms with van der Waals surface area (Å²) in [7, 11) is 0. The molecule has 0 aliphatic carbocycles. The number of hydrogen-bond acceptors (Lipinski definition) is 4. The Bertz CT molecular complexity index is 1150. The van der Waals surface area contributed by atoms with Crippen molar-refractivity contribution in [2.75, 3.05) is 5.75 Å². The molecule has 1 unspecified atom stereocenters. The van der Waals surface area contributed by atoms with Crippen molar-refractivity contribution < 1.29 is 19.4 Å². The first-order chi connectivity index (χ1) is 17.6. The van der Waals surface area contributed by atoms with Crippen LogP contribution in [0.15, 0.2) is 121 Å². The molecule has 36 heavy (non-hydrogen) atoms. The predicted octanol–water partition coefficient (Wildman–Crippen LogP) is 6.09. The van der Waals surface area contributed by atoms with E-state index >= 15 is 0 Å². The summed E-state index contributed by atoms with van der Waals surface area (Å²) in [4.78, 5) is 24.6. The second-order valence-corrected chi connectivity index (χ2v) is 9.42. The molecule has 4 aromatic rings. The molecule has 0 saturated carbocycles. The van der Waals surface area contributed by atoms with E-state index in [4.69, 9.17) is 4.74 Å². The Morgan fingerprint density at radius 3 is 1.56 bits per heavy atom.